The minimum absolute atomic E-state index is 0. The third kappa shape index (κ3) is 9.62. The third-order valence-corrected chi connectivity index (χ3v) is 1.52. The number of phenols is 1. The molecule has 0 atom stereocenters. The molecule has 1 aromatic rings. The molecule has 0 aliphatic carbocycles. The van der Waals surface area contributed by atoms with Crippen LogP contribution >= 0.6 is 0 Å². The van der Waals surface area contributed by atoms with Crippen LogP contribution in [0.1, 0.15) is 19.4 Å². The van der Waals surface area contributed by atoms with Gasteiger partial charge in [0.2, 0.25) is 0 Å². The fourth-order valence-corrected chi connectivity index (χ4v) is 0.855. The van der Waals surface area contributed by atoms with E-state index in [1.165, 1.54) is 0 Å². The molecule has 0 amide bonds. The van der Waals surface area contributed by atoms with Gasteiger partial charge in [0.15, 0.2) is 0 Å². The molecule has 0 aromatic heterocycles. The fraction of sp³-hybridized carbons (Fsp3) is 0.400. The second-order valence-corrected chi connectivity index (χ2v) is 3.03. The minimum Gasteiger partial charge on any atom is -0.508 e. The molecule has 2 radical (unpaired) electrons. The molecule has 0 saturated heterocycles. The van der Waals surface area contributed by atoms with Crippen molar-refractivity contribution in [2.75, 3.05) is 0 Å². The minimum atomic E-state index is 0. The molecule has 1 rings (SSSR count). The van der Waals surface area contributed by atoms with E-state index in [9.17, 15) is 0 Å². The zero-order valence-electron chi connectivity index (χ0n) is 8.90. The monoisotopic (exact) mass is 460 g/mol. The molecule has 0 spiro atoms. The average Bonchev–Trinajstić information content (AvgIpc) is 2.03. The van der Waals surface area contributed by atoms with Gasteiger partial charge >= 0.3 is 0 Å². The van der Waals surface area contributed by atoms with Gasteiger partial charge in [-0.25, -0.2) is 0 Å². The first-order valence-corrected chi connectivity index (χ1v) is 4.08. The second-order valence-electron chi connectivity index (χ2n) is 3.03. The Kier molecular flexibility index (Phi) is 15.7. The van der Waals surface area contributed by atoms with Crippen molar-refractivity contribution in [1.82, 2.24) is 0 Å². The molecule has 0 aliphatic heterocycles. The van der Waals surface area contributed by atoms with Gasteiger partial charge < -0.3 is 15.3 Å². The van der Waals surface area contributed by atoms with Crippen molar-refractivity contribution < 1.29 is 68.5 Å². The molecule has 1 aromatic carbocycles. The van der Waals surface area contributed by atoms with Crippen molar-refractivity contribution in [1.29, 1.82) is 0 Å². The first kappa shape index (κ1) is 21.0. The van der Waals surface area contributed by atoms with Crippen LogP contribution in [-0.4, -0.2) is 16.7 Å². The molecule has 84 valence electrons. The molecule has 0 bridgehead atoms. The van der Waals surface area contributed by atoms with Crippen molar-refractivity contribution in [3.63, 3.8) is 0 Å². The summed E-state index contributed by atoms with van der Waals surface area (Å²) in [7, 11) is 0. The Morgan fingerprint density at radius 2 is 1.67 bits per heavy atom. The van der Waals surface area contributed by atoms with Crippen molar-refractivity contribution in [2.45, 2.75) is 26.6 Å². The molecule has 0 saturated carbocycles. The van der Waals surface area contributed by atoms with E-state index < -0.39 is 0 Å². The molecule has 3 nitrogen and oxygen atoms in total. The maximum Gasteiger partial charge on any atom is 0.115 e. The normalized spacial score (nSPS) is 8.47. The Hall–Kier alpha value is 0.706. The largest absolute Gasteiger partial charge is 0.508 e. The van der Waals surface area contributed by atoms with E-state index in [0.29, 0.717) is 12.4 Å². The van der Waals surface area contributed by atoms with Crippen LogP contribution in [-0.2, 0) is 64.5 Å². The summed E-state index contributed by atoms with van der Waals surface area (Å²) in [6.45, 7) is 4.61. The molecular formula is C10H16O3ReY. The molecule has 3 N–H and O–H groups in total. The molecule has 0 unspecified atom stereocenters. The maximum atomic E-state index is 8.99. The van der Waals surface area contributed by atoms with E-state index in [1.54, 1.807) is 12.1 Å². The third-order valence-electron chi connectivity index (χ3n) is 1.52. The van der Waals surface area contributed by atoms with Crippen LogP contribution in [0.15, 0.2) is 24.3 Å². The van der Waals surface area contributed by atoms with Crippen LogP contribution in [0, 0.1) is 0 Å². The van der Waals surface area contributed by atoms with Gasteiger partial charge in [0.25, 0.3) is 0 Å². The van der Waals surface area contributed by atoms with Crippen LogP contribution < -0.4 is 0 Å². The van der Waals surface area contributed by atoms with E-state index in [1.807, 2.05) is 26.0 Å². The van der Waals surface area contributed by atoms with Crippen LogP contribution in [0.2, 0.25) is 0 Å². The van der Waals surface area contributed by atoms with Gasteiger partial charge in [0.1, 0.15) is 5.75 Å². The Bertz CT molecular complexity index is 239. The number of hydrogen-bond acceptors (Lipinski definition) is 2. The van der Waals surface area contributed by atoms with Crippen LogP contribution in [0.3, 0.4) is 0 Å². The van der Waals surface area contributed by atoms with Crippen LogP contribution in [0.25, 0.3) is 0 Å². The van der Waals surface area contributed by atoms with Gasteiger partial charge in [-0.2, -0.15) is 0 Å². The summed E-state index contributed by atoms with van der Waals surface area (Å²) in [5.74, 6) is 0.295. The topological polar surface area (TPSA) is 61.0 Å². The van der Waals surface area contributed by atoms with Crippen LogP contribution in [0.5, 0.6) is 5.75 Å². The van der Waals surface area contributed by atoms with Gasteiger partial charge in [-0.05, 0) is 31.5 Å². The van der Waals surface area contributed by atoms with E-state index >= 15 is 0 Å². The zero-order valence-corrected chi connectivity index (χ0v) is 14.5. The van der Waals surface area contributed by atoms with E-state index in [0.717, 1.165) is 5.56 Å². The number of ether oxygens (including phenoxy) is 1. The number of hydrogen-bond donors (Lipinski definition) is 1. The van der Waals surface area contributed by atoms with Gasteiger partial charge in [-0.1, -0.05) is 12.1 Å². The van der Waals surface area contributed by atoms with E-state index in [4.69, 9.17) is 9.84 Å². The Balaban J connectivity index is -0.000000480. The zero-order chi connectivity index (χ0) is 8.97. The number of phenolic OH excluding ortho intramolecular Hbond substituents is 1. The van der Waals surface area contributed by atoms with Gasteiger partial charge in [0.05, 0.1) is 12.7 Å². The SMILES string of the molecule is CC(C)OCc1ccc(O)cc1.O.[Re].[Y]. The quantitative estimate of drug-likeness (QED) is 0.745. The van der Waals surface area contributed by atoms with E-state index in [2.05, 4.69) is 0 Å². The number of rotatable bonds is 3. The summed E-state index contributed by atoms with van der Waals surface area (Å²) in [6.07, 6.45) is 0.249. The first-order valence-electron chi connectivity index (χ1n) is 4.08. The molecule has 0 heterocycles. The van der Waals surface area contributed by atoms with Crippen LogP contribution in [0.4, 0.5) is 0 Å². The Morgan fingerprint density at radius 1 is 1.20 bits per heavy atom. The molecular weight excluding hydrogens is 443 g/mol. The second kappa shape index (κ2) is 11.2. The van der Waals surface area contributed by atoms with E-state index in [-0.39, 0.29) is 64.7 Å². The number of aromatic hydroxyl groups is 1. The predicted octanol–water partition coefficient (Wildman–Crippen LogP) is 1.49. The average molecular weight is 459 g/mol. The molecule has 5 heteroatoms. The predicted molar refractivity (Wildman–Crippen MR) is 51.6 cm³/mol. The smallest absolute Gasteiger partial charge is 0.115 e. The summed E-state index contributed by atoms with van der Waals surface area (Å²) < 4.78 is 5.39. The molecule has 0 fully saturated rings. The number of benzene rings is 1. The van der Waals surface area contributed by atoms with Gasteiger partial charge in [0, 0.05) is 53.1 Å². The van der Waals surface area contributed by atoms with Crippen molar-refractivity contribution in [3.8, 4) is 5.75 Å². The Morgan fingerprint density at radius 3 is 2.07 bits per heavy atom. The summed E-state index contributed by atoms with van der Waals surface area (Å²) in [4.78, 5) is 0. The maximum absolute atomic E-state index is 8.99. The van der Waals surface area contributed by atoms with Crippen molar-refractivity contribution in [3.05, 3.63) is 29.8 Å². The summed E-state index contributed by atoms with van der Waals surface area (Å²) >= 11 is 0. The summed E-state index contributed by atoms with van der Waals surface area (Å²) in [6, 6.07) is 7.05. The first-order chi connectivity index (χ1) is 5.68. The molecule has 0 aliphatic rings. The standard InChI is InChI=1S/C10H14O2.H2O.Re.Y/c1-8(2)12-7-9-3-5-10(11)6-4-9;;;/h3-6,8,11H,7H2,1-2H3;1H2;;. The summed E-state index contributed by atoms with van der Waals surface area (Å²) in [5.41, 5.74) is 1.08. The van der Waals surface area contributed by atoms with Crippen molar-refractivity contribution >= 4 is 0 Å². The fourth-order valence-electron chi connectivity index (χ4n) is 0.855. The Labute approximate surface area is 129 Å². The molecule has 15 heavy (non-hydrogen) atoms. The summed E-state index contributed by atoms with van der Waals surface area (Å²) in [5, 5.41) is 8.99. The van der Waals surface area contributed by atoms with Gasteiger partial charge in [-0.15, -0.1) is 0 Å². The van der Waals surface area contributed by atoms with Crippen molar-refractivity contribution in [2.24, 2.45) is 0 Å². The van der Waals surface area contributed by atoms with Gasteiger partial charge in [-0.3, -0.25) is 0 Å².